The first kappa shape index (κ1) is 28.0. The van der Waals surface area contributed by atoms with Crippen LogP contribution >= 0.6 is 27.7 Å². The zero-order valence-electron chi connectivity index (χ0n) is 22.2. The monoisotopic (exact) mass is 614 g/mol. The standard InChI is InChI=1S/C29H35BrN4O4S/c1-3-33(4-2)20-12-10-19(11-13-20)32-27(37)25-29-16-21(30)24(39-29)22(23(29)28(38)34(25)14-15-35)26(36)31-17-18-8-6-5-7-9-18/h5-13,21-25,35H,3-4,14-17H2,1-2H3,(H,31,36)(H,32,37)/t21?,22-,23+,24-,25?,29?/m1/s1. The molecule has 3 aliphatic heterocycles. The lowest BCUT2D eigenvalue weighted by molar-refractivity contribution is -0.139. The van der Waals surface area contributed by atoms with Gasteiger partial charge in [-0.15, -0.1) is 11.8 Å². The highest BCUT2D eigenvalue weighted by atomic mass is 79.9. The van der Waals surface area contributed by atoms with Crippen LogP contribution in [0.2, 0.25) is 0 Å². The number of hydrogen-bond acceptors (Lipinski definition) is 6. The summed E-state index contributed by atoms with van der Waals surface area (Å²) in [5, 5.41) is 15.8. The maximum atomic E-state index is 13.9. The van der Waals surface area contributed by atoms with Crippen LogP contribution in [-0.4, -0.2) is 74.8 Å². The molecule has 39 heavy (non-hydrogen) atoms. The third-order valence-corrected chi connectivity index (χ3v) is 11.5. The Kier molecular flexibility index (Phi) is 8.26. The van der Waals surface area contributed by atoms with Crippen LogP contribution in [0.25, 0.3) is 0 Å². The van der Waals surface area contributed by atoms with Gasteiger partial charge in [0, 0.05) is 47.6 Å². The molecule has 10 heteroatoms. The quantitative estimate of drug-likeness (QED) is 0.355. The predicted molar refractivity (Wildman–Crippen MR) is 158 cm³/mol. The van der Waals surface area contributed by atoms with E-state index < -0.39 is 22.6 Å². The molecule has 208 valence electrons. The number of anilines is 2. The molecule has 0 saturated carbocycles. The summed E-state index contributed by atoms with van der Waals surface area (Å²) in [6.45, 7) is 6.14. The molecule has 0 aliphatic carbocycles. The smallest absolute Gasteiger partial charge is 0.248 e. The summed E-state index contributed by atoms with van der Waals surface area (Å²) in [4.78, 5) is 45.0. The molecule has 8 nitrogen and oxygen atoms in total. The number of likely N-dealkylation sites (tertiary alicyclic amines) is 1. The molecule has 3 amide bonds. The number of thioether (sulfide) groups is 1. The zero-order valence-corrected chi connectivity index (χ0v) is 24.6. The van der Waals surface area contributed by atoms with Crippen molar-refractivity contribution in [1.82, 2.24) is 10.2 Å². The van der Waals surface area contributed by atoms with Gasteiger partial charge in [0.15, 0.2) is 0 Å². The molecule has 3 unspecified atom stereocenters. The second-order valence-corrected chi connectivity index (χ2v) is 13.0. The Morgan fingerprint density at radius 1 is 1.10 bits per heavy atom. The number of rotatable bonds is 10. The molecule has 2 aromatic rings. The second kappa shape index (κ2) is 11.5. The van der Waals surface area contributed by atoms with Crippen LogP contribution in [0.15, 0.2) is 54.6 Å². The number of nitrogens with one attached hydrogen (secondary N) is 2. The van der Waals surface area contributed by atoms with Crippen molar-refractivity contribution in [3.63, 3.8) is 0 Å². The van der Waals surface area contributed by atoms with Crippen LogP contribution in [0, 0.1) is 11.8 Å². The minimum Gasteiger partial charge on any atom is -0.395 e. The lowest BCUT2D eigenvalue weighted by Gasteiger charge is -2.35. The number of β-amino-alcohol motifs (C(OH)–C–C–N with tert-alkyl or cyclic N) is 1. The van der Waals surface area contributed by atoms with Crippen molar-refractivity contribution >= 4 is 56.8 Å². The van der Waals surface area contributed by atoms with Crippen LogP contribution in [-0.2, 0) is 20.9 Å². The van der Waals surface area contributed by atoms with E-state index in [1.807, 2.05) is 54.6 Å². The van der Waals surface area contributed by atoms with Crippen LogP contribution < -0.4 is 15.5 Å². The van der Waals surface area contributed by atoms with Gasteiger partial charge in [-0.2, -0.15) is 0 Å². The molecule has 3 aliphatic rings. The summed E-state index contributed by atoms with van der Waals surface area (Å²) in [6, 6.07) is 16.6. The normalized spacial score (nSPS) is 28.9. The fraction of sp³-hybridized carbons (Fsp3) is 0.483. The van der Waals surface area contributed by atoms with Crippen molar-refractivity contribution in [2.45, 2.75) is 47.7 Å². The van der Waals surface area contributed by atoms with Gasteiger partial charge in [0.05, 0.1) is 23.2 Å². The van der Waals surface area contributed by atoms with Crippen LogP contribution in [0.1, 0.15) is 25.8 Å². The maximum absolute atomic E-state index is 13.9. The number of aliphatic hydroxyl groups excluding tert-OH is 1. The third-order valence-electron chi connectivity index (χ3n) is 8.25. The molecule has 3 heterocycles. The van der Waals surface area contributed by atoms with Crippen molar-refractivity contribution in [2.75, 3.05) is 36.5 Å². The SMILES string of the molecule is CCN(CC)c1ccc(NC(=O)C2N(CCO)C(=O)[C@@H]3[C@@H](C(=O)NCc4ccccc4)[C@@H]4SC23CC4Br)cc1. The topological polar surface area (TPSA) is 102 Å². The third kappa shape index (κ3) is 4.95. The Hall–Kier alpha value is -2.56. The minimum absolute atomic E-state index is 0.00300. The summed E-state index contributed by atoms with van der Waals surface area (Å²) in [7, 11) is 0. The van der Waals surface area contributed by atoms with Crippen LogP contribution in [0.5, 0.6) is 0 Å². The molecule has 3 saturated heterocycles. The molecule has 5 rings (SSSR count). The Balaban J connectivity index is 1.39. The minimum atomic E-state index is -0.786. The number of hydrogen-bond donors (Lipinski definition) is 3. The molecule has 1 spiro atoms. The molecule has 3 N–H and O–H groups in total. The first-order chi connectivity index (χ1) is 18.8. The summed E-state index contributed by atoms with van der Waals surface area (Å²) < 4.78 is -0.745. The molecule has 3 fully saturated rings. The molecule has 6 atom stereocenters. The number of amides is 3. The van der Waals surface area contributed by atoms with Crippen LogP contribution in [0.4, 0.5) is 11.4 Å². The molecule has 2 bridgehead atoms. The Morgan fingerprint density at radius 3 is 2.44 bits per heavy atom. The van der Waals surface area contributed by atoms with Gasteiger partial charge >= 0.3 is 0 Å². The number of fused-ring (bicyclic) bond motifs is 1. The van der Waals surface area contributed by atoms with Crippen LogP contribution in [0.3, 0.4) is 0 Å². The number of carbonyl (C=O) groups excluding carboxylic acids is 3. The van der Waals surface area contributed by atoms with E-state index in [4.69, 9.17) is 0 Å². The van der Waals surface area contributed by atoms with E-state index in [9.17, 15) is 19.5 Å². The highest BCUT2D eigenvalue weighted by Crippen LogP contribution is 2.67. The van der Waals surface area contributed by atoms with Gasteiger partial charge < -0.3 is 25.5 Å². The van der Waals surface area contributed by atoms with E-state index in [2.05, 4.69) is 45.3 Å². The molecule has 0 aromatic heterocycles. The van der Waals surface area contributed by atoms with Crippen molar-refractivity contribution in [3.05, 3.63) is 60.2 Å². The number of aliphatic hydroxyl groups is 1. The molecule has 0 radical (unpaired) electrons. The summed E-state index contributed by atoms with van der Waals surface area (Å²) in [6.07, 6.45) is 0.599. The van der Waals surface area contributed by atoms with E-state index in [1.54, 1.807) is 11.8 Å². The summed E-state index contributed by atoms with van der Waals surface area (Å²) in [5.74, 6) is -1.86. The maximum Gasteiger partial charge on any atom is 0.248 e. The number of halogens is 1. The first-order valence-electron chi connectivity index (χ1n) is 13.5. The van der Waals surface area contributed by atoms with Gasteiger partial charge in [-0.05, 0) is 50.1 Å². The molecular formula is C29H35BrN4O4S. The lowest BCUT2D eigenvalue weighted by Crippen LogP contribution is -2.53. The highest BCUT2D eigenvalue weighted by molar-refractivity contribution is 9.09. The fourth-order valence-electron chi connectivity index (χ4n) is 6.54. The Labute approximate surface area is 242 Å². The van der Waals surface area contributed by atoms with Crippen molar-refractivity contribution in [1.29, 1.82) is 0 Å². The van der Waals surface area contributed by atoms with E-state index >= 15 is 0 Å². The second-order valence-electron chi connectivity index (χ2n) is 10.3. The Morgan fingerprint density at radius 2 is 1.79 bits per heavy atom. The van der Waals surface area contributed by atoms with Crippen molar-refractivity contribution in [2.24, 2.45) is 11.8 Å². The van der Waals surface area contributed by atoms with E-state index in [-0.39, 0.29) is 41.0 Å². The molecule has 2 aromatic carbocycles. The zero-order chi connectivity index (χ0) is 27.7. The summed E-state index contributed by atoms with van der Waals surface area (Å²) >= 11 is 5.36. The molecular weight excluding hydrogens is 580 g/mol. The van der Waals surface area contributed by atoms with Gasteiger partial charge in [0.25, 0.3) is 0 Å². The average Bonchev–Trinajstić information content (AvgIpc) is 3.53. The van der Waals surface area contributed by atoms with E-state index in [0.717, 1.165) is 24.3 Å². The van der Waals surface area contributed by atoms with Gasteiger partial charge in [-0.3, -0.25) is 14.4 Å². The van der Waals surface area contributed by atoms with Crippen molar-refractivity contribution < 1.29 is 19.5 Å². The average molecular weight is 616 g/mol. The van der Waals surface area contributed by atoms with E-state index in [1.165, 1.54) is 4.90 Å². The van der Waals surface area contributed by atoms with E-state index in [0.29, 0.717) is 18.7 Å². The Bertz CT molecular complexity index is 1210. The summed E-state index contributed by atoms with van der Waals surface area (Å²) in [5.41, 5.74) is 2.71. The van der Waals surface area contributed by atoms with Gasteiger partial charge in [-0.25, -0.2) is 0 Å². The first-order valence-corrected chi connectivity index (χ1v) is 15.3. The largest absolute Gasteiger partial charge is 0.395 e. The van der Waals surface area contributed by atoms with Crippen molar-refractivity contribution in [3.8, 4) is 0 Å². The number of nitrogens with zero attached hydrogens (tertiary/aromatic N) is 2. The number of carbonyl (C=O) groups is 3. The van der Waals surface area contributed by atoms with Gasteiger partial charge in [0.2, 0.25) is 17.7 Å². The number of alkyl halides is 1. The fourth-order valence-corrected chi connectivity index (χ4v) is 10.1. The van der Waals surface area contributed by atoms with Gasteiger partial charge in [0.1, 0.15) is 6.04 Å². The van der Waals surface area contributed by atoms with Gasteiger partial charge in [-0.1, -0.05) is 46.3 Å². The predicted octanol–water partition coefficient (Wildman–Crippen LogP) is 3.24. The highest BCUT2D eigenvalue weighted by Gasteiger charge is 2.75. The number of benzene rings is 2. The lowest BCUT2D eigenvalue weighted by atomic mass is 9.70.